The summed E-state index contributed by atoms with van der Waals surface area (Å²) >= 11 is 0. The average molecular weight is 278 g/mol. The molecule has 1 aromatic carbocycles. The zero-order valence-corrected chi connectivity index (χ0v) is 12.0. The molecule has 0 saturated carbocycles. The Morgan fingerprint density at radius 3 is 2.30 bits per heavy atom. The third-order valence-corrected chi connectivity index (χ3v) is 2.67. The summed E-state index contributed by atoms with van der Waals surface area (Å²) in [5.74, 6) is -0.243. The van der Waals surface area contributed by atoms with Gasteiger partial charge in [-0.25, -0.2) is 0 Å². The van der Waals surface area contributed by atoms with Crippen LogP contribution in [0.15, 0.2) is 24.3 Å². The second-order valence-corrected chi connectivity index (χ2v) is 4.58. The van der Waals surface area contributed by atoms with Crippen molar-refractivity contribution < 1.29 is 9.59 Å². The minimum atomic E-state index is -0.155. The van der Waals surface area contributed by atoms with Crippen molar-refractivity contribution in [2.45, 2.75) is 13.5 Å². The first-order valence-electron chi connectivity index (χ1n) is 6.59. The third kappa shape index (κ3) is 5.81. The number of benzene rings is 1. The Kier molecular flexibility index (Phi) is 6.69. The van der Waals surface area contributed by atoms with Crippen LogP contribution < -0.4 is 16.4 Å². The molecule has 0 spiro atoms. The van der Waals surface area contributed by atoms with Gasteiger partial charge in [0, 0.05) is 18.8 Å². The standard InChI is InChI=1S/C14H22N4O2/c1-3-16-13(19)9-18(2)10-14(20)17-12-6-4-11(8-15)5-7-12/h4-7H,3,8-10,15H2,1-2H3,(H,16,19)(H,17,20). The molecule has 0 aromatic heterocycles. The van der Waals surface area contributed by atoms with Crippen LogP contribution in [0.25, 0.3) is 0 Å². The summed E-state index contributed by atoms with van der Waals surface area (Å²) in [5, 5.41) is 5.46. The van der Waals surface area contributed by atoms with Gasteiger partial charge in [-0.3, -0.25) is 14.5 Å². The van der Waals surface area contributed by atoms with Crippen molar-refractivity contribution >= 4 is 17.5 Å². The predicted molar refractivity (Wildman–Crippen MR) is 79.1 cm³/mol. The smallest absolute Gasteiger partial charge is 0.238 e. The third-order valence-electron chi connectivity index (χ3n) is 2.67. The van der Waals surface area contributed by atoms with Gasteiger partial charge in [0.15, 0.2) is 0 Å². The Labute approximate surface area is 119 Å². The molecule has 0 radical (unpaired) electrons. The average Bonchev–Trinajstić information content (AvgIpc) is 2.39. The van der Waals surface area contributed by atoms with E-state index in [1.165, 1.54) is 0 Å². The van der Waals surface area contributed by atoms with Gasteiger partial charge in [-0.05, 0) is 31.7 Å². The molecule has 6 heteroatoms. The van der Waals surface area contributed by atoms with Gasteiger partial charge in [-0.2, -0.15) is 0 Å². The fourth-order valence-corrected chi connectivity index (χ4v) is 1.72. The molecule has 0 aliphatic carbocycles. The molecule has 1 rings (SSSR count). The number of nitrogens with two attached hydrogens (primary N) is 1. The first-order chi connectivity index (χ1) is 9.55. The van der Waals surface area contributed by atoms with Gasteiger partial charge in [-0.15, -0.1) is 0 Å². The van der Waals surface area contributed by atoms with Crippen molar-refractivity contribution in [1.82, 2.24) is 10.2 Å². The van der Waals surface area contributed by atoms with Crippen molar-refractivity contribution in [3.05, 3.63) is 29.8 Å². The van der Waals surface area contributed by atoms with E-state index in [1.54, 1.807) is 11.9 Å². The number of hydrogen-bond donors (Lipinski definition) is 3. The Hall–Kier alpha value is -1.92. The Morgan fingerprint density at radius 1 is 1.15 bits per heavy atom. The molecule has 0 unspecified atom stereocenters. The van der Waals surface area contributed by atoms with Crippen molar-refractivity contribution in [2.24, 2.45) is 5.73 Å². The Bertz CT molecular complexity index is 445. The van der Waals surface area contributed by atoms with Crippen LogP contribution in [-0.2, 0) is 16.1 Å². The predicted octanol–water partition coefficient (Wildman–Crippen LogP) is 0.152. The number of carbonyl (C=O) groups excluding carboxylic acids is 2. The largest absolute Gasteiger partial charge is 0.355 e. The summed E-state index contributed by atoms with van der Waals surface area (Å²) in [7, 11) is 1.73. The summed E-state index contributed by atoms with van der Waals surface area (Å²) in [5.41, 5.74) is 7.24. The van der Waals surface area contributed by atoms with Crippen molar-refractivity contribution in [3.63, 3.8) is 0 Å². The molecule has 2 amide bonds. The number of amides is 2. The second-order valence-electron chi connectivity index (χ2n) is 4.58. The number of hydrogen-bond acceptors (Lipinski definition) is 4. The van der Waals surface area contributed by atoms with Gasteiger partial charge in [0.2, 0.25) is 11.8 Å². The monoisotopic (exact) mass is 278 g/mol. The van der Waals surface area contributed by atoms with Gasteiger partial charge >= 0.3 is 0 Å². The van der Waals surface area contributed by atoms with E-state index in [1.807, 2.05) is 31.2 Å². The van der Waals surface area contributed by atoms with Crippen LogP contribution in [0, 0.1) is 0 Å². The molecule has 0 heterocycles. The van der Waals surface area contributed by atoms with Gasteiger partial charge in [0.25, 0.3) is 0 Å². The van der Waals surface area contributed by atoms with Crippen LogP contribution in [0.2, 0.25) is 0 Å². The topological polar surface area (TPSA) is 87.5 Å². The van der Waals surface area contributed by atoms with Gasteiger partial charge in [0.1, 0.15) is 0 Å². The van der Waals surface area contributed by atoms with Crippen LogP contribution >= 0.6 is 0 Å². The maximum atomic E-state index is 11.8. The molecular formula is C14H22N4O2. The molecule has 0 atom stereocenters. The maximum Gasteiger partial charge on any atom is 0.238 e. The van der Waals surface area contributed by atoms with E-state index in [0.29, 0.717) is 13.1 Å². The van der Waals surface area contributed by atoms with E-state index in [9.17, 15) is 9.59 Å². The lowest BCUT2D eigenvalue weighted by atomic mass is 10.2. The van der Waals surface area contributed by atoms with Crippen LogP contribution in [0.5, 0.6) is 0 Å². The molecule has 1 aromatic rings. The number of anilines is 1. The quantitative estimate of drug-likeness (QED) is 0.662. The lowest BCUT2D eigenvalue weighted by molar-refractivity contribution is -0.122. The Balaban J connectivity index is 2.40. The van der Waals surface area contributed by atoms with Crippen molar-refractivity contribution in [3.8, 4) is 0 Å². The highest BCUT2D eigenvalue weighted by Gasteiger charge is 2.10. The summed E-state index contributed by atoms with van der Waals surface area (Å²) < 4.78 is 0. The highest BCUT2D eigenvalue weighted by molar-refractivity contribution is 5.92. The lowest BCUT2D eigenvalue weighted by Gasteiger charge is -2.15. The zero-order valence-electron chi connectivity index (χ0n) is 12.0. The van der Waals surface area contributed by atoms with E-state index in [-0.39, 0.29) is 24.9 Å². The molecule has 0 aliphatic rings. The molecule has 0 fully saturated rings. The fraction of sp³-hybridized carbons (Fsp3) is 0.429. The minimum Gasteiger partial charge on any atom is -0.355 e. The van der Waals surface area contributed by atoms with Gasteiger partial charge in [-0.1, -0.05) is 12.1 Å². The van der Waals surface area contributed by atoms with Gasteiger partial charge in [0.05, 0.1) is 13.1 Å². The maximum absolute atomic E-state index is 11.8. The van der Waals surface area contributed by atoms with E-state index >= 15 is 0 Å². The summed E-state index contributed by atoms with van der Waals surface area (Å²) in [6.45, 7) is 3.29. The number of carbonyl (C=O) groups is 2. The summed E-state index contributed by atoms with van der Waals surface area (Å²) in [6, 6.07) is 7.36. The second kappa shape index (κ2) is 8.29. The van der Waals surface area contributed by atoms with Crippen LogP contribution in [0.4, 0.5) is 5.69 Å². The van der Waals surface area contributed by atoms with E-state index < -0.39 is 0 Å². The number of likely N-dealkylation sites (N-methyl/N-ethyl adjacent to an activating group) is 2. The van der Waals surface area contributed by atoms with Crippen molar-refractivity contribution in [2.75, 3.05) is 32.0 Å². The normalized spacial score (nSPS) is 10.4. The molecular weight excluding hydrogens is 256 g/mol. The molecule has 4 N–H and O–H groups in total. The van der Waals surface area contributed by atoms with E-state index in [0.717, 1.165) is 11.3 Å². The van der Waals surface area contributed by atoms with Crippen LogP contribution in [-0.4, -0.2) is 43.4 Å². The first kappa shape index (κ1) is 16.1. The molecule has 20 heavy (non-hydrogen) atoms. The SMILES string of the molecule is CCNC(=O)CN(C)CC(=O)Nc1ccc(CN)cc1. The molecule has 0 saturated heterocycles. The van der Waals surface area contributed by atoms with Crippen LogP contribution in [0.1, 0.15) is 12.5 Å². The lowest BCUT2D eigenvalue weighted by Crippen LogP contribution is -2.38. The number of rotatable bonds is 7. The Morgan fingerprint density at radius 2 is 1.75 bits per heavy atom. The highest BCUT2D eigenvalue weighted by atomic mass is 16.2. The first-order valence-corrected chi connectivity index (χ1v) is 6.59. The summed E-state index contributed by atoms with van der Waals surface area (Å²) in [6.07, 6.45) is 0. The molecule has 110 valence electrons. The summed E-state index contributed by atoms with van der Waals surface area (Å²) in [4.78, 5) is 24.8. The zero-order chi connectivity index (χ0) is 15.0. The number of nitrogens with one attached hydrogen (secondary N) is 2. The van der Waals surface area contributed by atoms with Gasteiger partial charge < -0.3 is 16.4 Å². The highest BCUT2D eigenvalue weighted by Crippen LogP contribution is 2.08. The minimum absolute atomic E-state index is 0.0879. The van der Waals surface area contributed by atoms with Crippen molar-refractivity contribution in [1.29, 1.82) is 0 Å². The van der Waals surface area contributed by atoms with E-state index in [4.69, 9.17) is 5.73 Å². The molecule has 0 bridgehead atoms. The fourth-order valence-electron chi connectivity index (χ4n) is 1.72. The molecule has 0 aliphatic heterocycles. The number of nitrogens with zero attached hydrogens (tertiary/aromatic N) is 1. The molecule has 6 nitrogen and oxygen atoms in total. The van der Waals surface area contributed by atoms with Crippen LogP contribution in [0.3, 0.4) is 0 Å². The van der Waals surface area contributed by atoms with E-state index in [2.05, 4.69) is 10.6 Å².